The van der Waals surface area contributed by atoms with Crippen LogP contribution in [0, 0.1) is 0 Å². The first-order valence-electron chi connectivity index (χ1n) is 7.57. The van der Waals surface area contributed by atoms with Gasteiger partial charge in [0, 0.05) is 43.1 Å². The maximum absolute atomic E-state index is 5.90. The van der Waals surface area contributed by atoms with Gasteiger partial charge in [-0.2, -0.15) is 4.98 Å². The molecule has 0 bridgehead atoms. The van der Waals surface area contributed by atoms with Gasteiger partial charge >= 0.3 is 0 Å². The van der Waals surface area contributed by atoms with Crippen molar-refractivity contribution in [3.63, 3.8) is 0 Å². The zero-order valence-corrected chi connectivity index (χ0v) is 13.4. The number of halogens is 1. The lowest BCUT2D eigenvalue weighted by molar-refractivity contribution is 0.270. The van der Waals surface area contributed by atoms with Gasteiger partial charge in [0.05, 0.1) is 0 Å². The van der Waals surface area contributed by atoms with Crippen LogP contribution in [0.25, 0.3) is 0 Å². The fraction of sp³-hybridized carbons (Fsp3) is 0.375. The SMILES string of the molecule is CCN1CCN(c2ccnc(Nc3ccc(Cl)cc3)n2)CC1. The maximum atomic E-state index is 5.90. The van der Waals surface area contributed by atoms with E-state index in [1.165, 1.54) is 0 Å². The quantitative estimate of drug-likeness (QED) is 0.939. The van der Waals surface area contributed by atoms with Crippen molar-refractivity contribution in [2.24, 2.45) is 0 Å². The first kappa shape index (κ1) is 15.1. The summed E-state index contributed by atoms with van der Waals surface area (Å²) in [5, 5.41) is 3.93. The highest BCUT2D eigenvalue weighted by molar-refractivity contribution is 6.30. The van der Waals surface area contributed by atoms with E-state index < -0.39 is 0 Å². The van der Waals surface area contributed by atoms with Crippen LogP contribution in [-0.2, 0) is 0 Å². The number of hydrogen-bond donors (Lipinski definition) is 1. The summed E-state index contributed by atoms with van der Waals surface area (Å²) in [4.78, 5) is 13.7. The highest BCUT2D eigenvalue weighted by Crippen LogP contribution is 2.19. The van der Waals surface area contributed by atoms with Gasteiger partial charge in [-0.3, -0.25) is 0 Å². The van der Waals surface area contributed by atoms with Crippen molar-refractivity contribution in [2.75, 3.05) is 42.9 Å². The second kappa shape index (κ2) is 6.94. The molecule has 0 aliphatic carbocycles. The molecule has 1 N–H and O–H groups in total. The number of hydrogen-bond acceptors (Lipinski definition) is 5. The van der Waals surface area contributed by atoms with Crippen LogP contribution in [0.2, 0.25) is 5.02 Å². The number of likely N-dealkylation sites (N-methyl/N-ethyl adjacent to an activating group) is 1. The van der Waals surface area contributed by atoms with Crippen molar-refractivity contribution >= 4 is 29.1 Å². The van der Waals surface area contributed by atoms with E-state index in [1.807, 2.05) is 30.3 Å². The van der Waals surface area contributed by atoms with Crippen LogP contribution in [-0.4, -0.2) is 47.6 Å². The summed E-state index contributed by atoms with van der Waals surface area (Å²) in [6.45, 7) is 7.49. The number of anilines is 3. The number of nitrogens with zero attached hydrogens (tertiary/aromatic N) is 4. The Labute approximate surface area is 135 Å². The number of benzene rings is 1. The lowest BCUT2D eigenvalue weighted by atomic mass is 10.3. The fourth-order valence-electron chi connectivity index (χ4n) is 2.54. The predicted octanol–water partition coefficient (Wildman–Crippen LogP) is 3.02. The monoisotopic (exact) mass is 317 g/mol. The number of rotatable bonds is 4. The first-order chi connectivity index (χ1) is 10.7. The van der Waals surface area contributed by atoms with E-state index in [-0.39, 0.29) is 0 Å². The molecule has 0 spiro atoms. The van der Waals surface area contributed by atoms with Crippen LogP contribution in [0.1, 0.15) is 6.92 Å². The van der Waals surface area contributed by atoms with Gasteiger partial charge in [-0.25, -0.2) is 4.98 Å². The van der Waals surface area contributed by atoms with Gasteiger partial charge in [0.15, 0.2) is 0 Å². The minimum Gasteiger partial charge on any atom is -0.354 e. The number of piperazine rings is 1. The summed E-state index contributed by atoms with van der Waals surface area (Å²) in [5.41, 5.74) is 0.928. The lowest BCUT2D eigenvalue weighted by Gasteiger charge is -2.34. The van der Waals surface area contributed by atoms with Crippen molar-refractivity contribution in [1.29, 1.82) is 0 Å². The molecule has 3 rings (SSSR count). The van der Waals surface area contributed by atoms with Crippen LogP contribution in [0.5, 0.6) is 0 Å². The average molecular weight is 318 g/mol. The molecule has 1 fully saturated rings. The zero-order valence-electron chi connectivity index (χ0n) is 12.7. The van der Waals surface area contributed by atoms with Crippen LogP contribution in [0.3, 0.4) is 0 Å². The lowest BCUT2D eigenvalue weighted by Crippen LogP contribution is -2.46. The molecule has 2 heterocycles. The first-order valence-corrected chi connectivity index (χ1v) is 7.95. The third-order valence-electron chi connectivity index (χ3n) is 3.88. The molecular formula is C16H20ClN5. The van der Waals surface area contributed by atoms with Gasteiger partial charge in [0.25, 0.3) is 0 Å². The van der Waals surface area contributed by atoms with E-state index in [4.69, 9.17) is 11.6 Å². The molecule has 1 saturated heterocycles. The normalized spacial score (nSPS) is 15.8. The molecule has 22 heavy (non-hydrogen) atoms. The van der Waals surface area contributed by atoms with E-state index in [2.05, 4.69) is 32.0 Å². The molecule has 1 aliphatic heterocycles. The standard InChI is InChI=1S/C16H20ClN5/c1-2-21-9-11-22(12-10-21)15-7-8-18-16(20-15)19-14-5-3-13(17)4-6-14/h3-8H,2,9-12H2,1H3,(H,18,19,20). The summed E-state index contributed by atoms with van der Waals surface area (Å²) in [6.07, 6.45) is 1.80. The van der Waals surface area contributed by atoms with E-state index in [9.17, 15) is 0 Å². The van der Waals surface area contributed by atoms with Crippen LogP contribution < -0.4 is 10.2 Å². The van der Waals surface area contributed by atoms with Crippen molar-refractivity contribution in [1.82, 2.24) is 14.9 Å². The summed E-state index contributed by atoms with van der Waals surface area (Å²) < 4.78 is 0. The molecule has 2 aromatic rings. The Morgan fingerprint density at radius 1 is 1.09 bits per heavy atom. The Hall–Kier alpha value is -1.85. The molecule has 1 aromatic heterocycles. The molecule has 0 unspecified atom stereocenters. The Bertz CT molecular complexity index is 608. The third-order valence-corrected chi connectivity index (χ3v) is 4.14. The van der Waals surface area contributed by atoms with Gasteiger partial charge in [-0.15, -0.1) is 0 Å². The molecular weight excluding hydrogens is 298 g/mol. The molecule has 0 amide bonds. The summed E-state index contributed by atoms with van der Waals surface area (Å²) >= 11 is 5.90. The Morgan fingerprint density at radius 2 is 1.82 bits per heavy atom. The molecule has 1 aromatic carbocycles. The van der Waals surface area contributed by atoms with Crippen molar-refractivity contribution in [2.45, 2.75) is 6.92 Å². The van der Waals surface area contributed by atoms with Gasteiger partial charge in [-0.1, -0.05) is 18.5 Å². The van der Waals surface area contributed by atoms with Gasteiger partial charge in [-0.05, 0) is 36.9 Å². The Kier molecular flexibility index (Phi) is 4.75. The number of aromatic nitrogens is 2. The Morgan fingerprint density at radius 3 is 2.50 bits per heavy atom. The second-order valence-electron chi connectivity index (χ2n) is 5.29. The maximum Gasteiger partial charge on any atom is 0.229 e. The average Bonchev–Trinajstić information content (AvgIpc) is 2.57. The smallest absolute Gasteiger partial charge is 0.229 e. The Balaban J connectivity index is 1.68. The van der Waals surface area contributed by atoms with E-state index in [1.54, 1.807) is 6.20 Å². The highest BCUT2D eigenvalue weighted by atomic mass is 35.5. The third kappa shape index (κ3) is 3.67. The van der Waals surface area contributed by atoms with Gasteiger partial charge in [0.2, 0.25) is 5.95 Å². The van der Waals surface area contributed by atoms with Gasteiger partial charge < -0.3 is 15.1 Å². The molecule has 0 atom stereocenters. The van der Waals surface area contributed by atoms with Gasteiger partial charge in [0.1, 0.15) is 5.82 Å². The highest BCUT2D eigenvalue weighted by Gasteiger charge is 2.17. The summed E-state index contributed by atoms with van der Waals surface area (Å²) in [5.74, 6) is 1.58. The zero-order chi connectivity index (χ0) is 15.4. The fourth-order valence-corrected chi connectivity index (χ4v) is 2.67. The van der Waals surface area contributed by atoms with Crippen LogP contribution >= 0.6 is 11.6 Å². The predicted molar refractivity (Wildman–Crippen MR) is 91.1 cm³/mol. The topological polar surface area (TPSA) is 44.3 Å². The van der Waals surface area contributed by atoms with Crippen molar-refractivity contribution in [3.05, 3.63) is 41.6 Å². The van der Waals surface area contributed by atoms with Crippen molar-refractivity contribution in [3.8, 4) is 0 Å². The van der Waals surface area contributed by atoms with E-state index >= 15 is 0 Å². The largest absolute Gasteiger partial charge is 0.354 e. The molecule has 6 heteroatoms. The molecule has 1 aliphatic rings. The molecule has 0 radical (unpaired) electrons. The van der Waals surface area contributed by atoms with Crippen LogP contribution in [0.4, 0.5) is 17.5 Å². The molecule has 5 nitrogen and oxygen atoms in total. The summed E-state index contributed by atoms with van der Waals surface area (Å²) in [7, 11) is 0. The summed E-state index contributed by atoms with van der Waals surface area (Å²) in [6, 6.07) is 9.49. The number of nitrogens with one attached hydrogen (secondary N) is 1. The van der Waals surface area contributed by atoms with E-state index in [0.29, 0.717) is 11.0 Å². The molecule has 116 valence electrons. The minimum absolute atomic E-state index is 0.609. The van der Waals surface area contributed by atoms with Crippen molar-refractivity contribution < 1.29 is 0 Å². The minimum atomic E-state index is 0.609. The molecule has 0 saturated carbocycles. The van der Waals surface area contributed by atoms with Crippen LogP contribution in [0.15, 0.2) is 36.5 Å². The second-order valence-corrected chi connectivity index (χ2v) is 5.73. The van der Waals surface area contributed by atoms with E-state index in [0.717, 1.165) is 44.2 Å².